The zero-order chi connectivity index (χ0) is 21.2. The fourth-order valence-corrected chi connectivity index (χ4v) is 4.68. The molecule has 5 rings (SSSR count). The number of nitrogens with zero attached hydrogens (tertiary/aromatic N) is 1. The number of rotatable bonds is 4. The number of nitrogen functional groups attached to an aromatic ring is 1. The van der Waals surface area contributed by atoms with E-state index in [1.807, 2.05) is 48.5 Å². The Morgan fingerprint density at radius 2 is 1.65 bits per heavy atom. The standard InChI is InChI=1S/C27H27N3O/c28-21-13-16-24-23(17-21)25(27(31)30-24)26(20-9-5-2-6-10-20)29-22-14-11-19(12-15-22)18-7-3-1-4-8-18/h2,5-6,9-18,30-31H,1,3-4,7-8,28H2. The summed E-state index contributed by atoms with van der Waals surface area (Å²) in [4.78, 5) is 8.06. The molecule has 0 unspecified atom stereocenters. The molecular formula is C27H27N3O. The molecule has 156 valence electrons. The maximum Gasteiger partial charge on any atom is 0.199 e. The third-order valence-corrected chi connectivity index (χ3v) is 6.30. The molecule has 1 saturated carbocycles. The van der Waals surface area contributed by atoms with Gasteiger partial charge < -0.3 is 15.8 Å². The van der Waals surface area contributed by atoms with E-state index in [4.69, 9.17) is 10.7 Å². The molecule has 31 heavy (non-hydrogen) atoms. The quantitative estimate of drug-likeness (QED) is 0.260. The average Bonchev–Trinajstić information content (AvgIpc) is 3.14. The molecule has 1 fully saturated rings. The second-order valence-corrected chi connectivity index (χ2v) is 8.41. The predicted molar refractivity (Wildman–Crippen MR) is 128 cm³/mol. The number of aliphatic imine (C=N–C) groups is 1. The molecule has 0 atom stereocenters. The second kappa shape index (κ2) is 8.31. The predicted octanol–water partition coefficient (Wildman–Crippen LogP) is 6.67. The van der Waals surface area contributed by atoms with Crippen LogP contribution in [0.15, 0.2) is 77.8 Å². The fraction of sp³-hybridized carbons (Fsp3) is 0.222. The van der Waals surface area contributed by atoms with Crippen LogP contribution in [0.4, 0.5) is 11.4 Å². The Morgan fingerprint density at radius 1 is 0.903 bits per heavy atom. The van der Waals surface area contributed by atoms with Crippen LogP contribution in [0.5, 0.6) is 5.88 Å². The smallest absolute Gasteiger partial charge is 0.199 e. The van der Waals surface area contributed by atoms with Gasteiger partial charge in [-0.05, 0) is 54.7 Å². The summed E-state index contributed by atoms with van der Waals surface area (Å²) in [6.07, 6.45) is 6.57. The number of aromatic nitrogens is 1. The number of nitrogens with two attached hydrogens (primary N) is 1. The monoisotopic (exact) mass is 409 g/mol. The van der Waals surface area contributed by atoms with E-state index in [-0.39, 0.29) is 5.88 Å². The van der Waals surface area contributed by atoms with Crippen molar-refractivity contribution in [3.05, 3.63) is 89.5 Å². The largest absolute Gasteiger partial charge is 0.494 e. The van der Waals surface area contributed by atoms with E-state index in [0.29, 0.717) is 17.2 Å². The molecule has 4 N–H and O–H groups in total. The van der Waals surface area contributed by atoms with Crippen LogP contribution in [0.3, 0.4) is 0 Å². The van der Waals surface area contributed by atoms with Crippen molar-refractivity contribution in [1.29, 1.82) is 0 Å². The van der Waals surface area contributed by atoms with Crippen molar-refractivity contribution in [2.75, 3.05) is 5.73 Å². The minimum absolute atomic E-state index is 0.0991. The number of anilines is 1. The lowest BCUT2D eigenvalue weighted by atomic mass is 9.84. The lowest BCUT2D eigenvalue weighted by molar-refractivity contribution is 0.443. The van der Waals surface area contributed by atoms with Gasteiger partial charge >= 0.3 is 0 Å². The number of hydrogen-bond donors (Lipinski definition) is 3. The highest BCUT2D eigenvalue weighted by Gasteiger charge is 2.19. The molecule has 1 aliphatic rings. The molecule has 0 bridgehead atoms. The Labute approximate surface area is 182 Å². The number of hydrogen-bond acceptors (Lipinski definition) is 3. The number of aromatic amines is 1. The summed E-state index contributed by atoms with van der Waals surface area (Å²) in [5.41, 5.74) is 12.1. The third kappa shape index (κ3) is 3.93. The first-order valence-corrected chi connectivity index (χ1v) is 11.0. The van der Waals surface area contributed by atoms with Crippen LogP contribution in [0, 0.1) is 0 Å². The summed E-state index contributed by atoms with van der Waals surface area (Å²) in [6.45, 7) is 0. The zero-order valence-electron chi connectivity index (χ0n) is 17.5. The molecule has 0 saturated heterocycles. The Kier molecular flexibility index (Phi) is 5.21. The molecule has 0 radical (unpaired) electrons. The van der Waals surface area contributed by atoms with E-state index in [1.165, 1.54) is 37.7 Å². The summed E-state index contributed by atoms with van der Waals surface area (Å²) in [7, 11) is 0. The molecule has 4 heteroatoms. The Bertz CT molecular complexity index is 1220. The molecule has 3 aromatic carbocycles. The lowest BCUT2D eigenvalue weighted by Crippen LogP contribution is -2.04. The van der Waals surface area contributed by atoms with Crippen LogP contribution >= 0.6 is 0 Å². The van der Waals surface area contributed by atoms with Crippen molar-refractivity contribution in [2.45, 2.75) is 38.0 Å². The van der Waals surface area contributed by atoms with E-state index < -0.39 is 0 Å². The Hall–Kier alpha value is -3.53. The maximum atomic E-state index is 10.8. The average molecular weight is 410 g/mol. The minimum Gasteiger partial charge on any atom is -0.494 e. The molecule has 4 aromatic rings. The Morgan fingerprint density at radius 3 is 2.39 bits per heavy atom. The van der Waals surface area contributed by atoms with E-state index >= 15 is 0 Å². The van der Waals surface area contributed by atoms with Gasteiger partial charge in [0.25, 0.3) is 0 Å². The molecule has 1 aromatic heterocycles. The topological polar surface area (TPSA) is 74.4 Å². The molecule has 0 amide bonds. The van der Waals surface area contributed by atoms with E-state index in [9.17, 15) is 5.11 Å². The van der Waals surface area contributed by atoms with E-state index in [1.54, 1.807) is 0 Å². The molecule has 4 nitrogen and oxygen atoms in total. The highest BCUT2D eigenvalue weighted by Crippen LogP contribution is 2.35. The zero-order valence-corrected chi connectivity index (χ0v) is 17.5. The first-order valence-electron chi connectivity index (χ1n) is 11.0. The van der Waals surface area contributed by atoms with Crippen LogP contribution in [0.2, 0.25) is 0 Å². The molecular weight excluding hydrogens is 382 g/mol. The van der Waals surface area contributed by atoms with E-state index in [0.717, 1.165) is 27.9 Å². The van der Waals surface area contributed by atoms with Crippen LogP contribution in [-0.4, -0.2) is 15.8 Å². The van der Waals surface area contributed by atoms with Crippen molar-refractivity contribution in [1.82, 2.24) is 4.98 Å². The van der Waals surface area contributed by atoms with Crippen LogP contribution in [-0.2, 0) is 0 Å². The Balaban J connectivity index is 1.60. The van der Waals surface area contributed by atoms with Gasteiger partial charge in [0.2, 0.25) is 0 Å². The first-order chi connectivity index (χ1) is 15.2. The van der Waals surface area contributed by atoms with Gasteiger partial charge in [0.15, 0.2) is 5.88 Å². The van der Waals surface area contributed by atoms with Crippen LogP contribution in [0.25, 0.3) is 10.9 Å². The second-order valence-electron chi connectivity index (χ2n) is 8.41. The van der Waals surface area contributed by atoms with Gasteiger partial charge in [-0.15, -0.1) is 0 Å². The summed E-state index contributed by atoms with van der Waals surface area (Å²) in [5, 5.41) is 11.6. The van der Waals surface area contributed by atoms with Gasteiger partial charge in [0.05, 0.1) is 17.0 Å². The van der Waals surface area contributed by atoms with Crippen molar-refractivity contribution < 1.29 is 5.11 Å². The summed E-state index contributed by atoms with van der Waals surface area (Å²) in [5.74, 6) is 0.767. The SMILES string of the molecule is Nc1ccc2[nH]c(O)c(C(=Nc3ccc(C4CCCCC4)cc3)c3ccccc3)c2c1. The van der Waals surface area contributed by atoms with Crippen LogP contribution < -0.4 is 5.73 Å². The van der Waals surface area contributed by atoms with Crippen molar-refractivity contribution in [2.24, 2.45) is 4.99 Å². The molecule has 0 spiro atoms. The molecule has 1 aliphatic carbocycles. The van der Waals surface area contributed by atoms with E-state index in [2.05, 4.69) is 29.2 Å². The minimum atomic E-state index is 0.0991. The molecule has 1 heterocycles. The highest BCUT2D eigenvalue weighted by atomic mass is 16.3. The summed E-state index contributed by atoms with van der Waals surface area (Å²) < 4.78 is 0. The first kappa shape index (κ1) is 19.4. The van der Waals surface area contributed by atoms with Gasteiger partial charge in [0.1, 0.15) is 0 Å². The van der Waals surface area contributed by atoms with Gasteiger partial charge in [-0.25, -0.2) is 4.99 Å². The fourth-order valence-electron chi connectivity index (χ4n) is 4.68. The van der Waals surface area contributed by atoms with Crippen LogP contribution in [0.1, 0.15) is 54.7 Å². The van der Waals surface area contributed by atoms with Crippen molar-refractivity contribution >= 4 is 28.0 Å². The van der Waals surface area contributed by atoms with Gasteiger partial charge in [0, 0.05) is 22.2 Å². The normalized spacial score (nSPS) is 15.4. The van der Waals surface area contributed by atoms with Gasteiger partial charge in [-0.3, -0.25) is 0 Å². The lowest BCUT2D eigenvalue weighted by Gasteiger charge is -2.21. The van der Waals surface area contributed by atoms with Gasteiger partial charge in [-0.1, -0.05) is 61.7 Å². The van der Waals surface area contributed by atoms with Gasteiger partial charge in [-0.2, -0.15) is 0 Å². The highest BCUT2D eigenvalue weighted by molar-refractivity contribution is 6.22. The number of H-pyrrole nitrogens is 1. The maximum absolute atomic E-state index is 10.8. The van der Waals surface area contributed by atoms with Crippen molar-refractivity contribution in [3.63, 3.8) is 0 Å². The summed E-state index contributed by atoms with van der Waals surface area (Å²) in [6, 6.07) is 24.2. The van der Waals surface area contributed by atoms with Crippen molar-refractivity contribution in [3.8, 4) is 5.88 Å². The number of benzene rings is 3. The molecule has 0 aliphatic heterocycles. The number of aromatic hydroxyl groups is 1. The summed E-state index contributed by atoms with van der Waals surface area (Å²) >= 11 is 0. The number of nitrogens with one attached hydrogen (secondary N) is 1. The number of fused-ring (bicyclic) bond motifs is 1. The third-order valence-electron chi connectivity index (χ3n) is 6.30.